The van der Waals surface area contributed by atoms with E-state index in [2.05, 4.69) is 158 Å². The molecule has 2 aliphatic rings. The molecule has 2 aromatic heterocycles. The minimum absolute atomic E-state index is 0.772. The van der Waals surface area contributed by atoms with Crippen LogP contribution in [0.5, 0.6) is 0 Å². The molecule has 0 unspecified atom stereocenters. The molecule has 2 nitrogen and oxygen atoms in total. The van der Waals surface area contributed by atoms with Crippen LogP contribution in [0.25, 0.3) is 69.7 Å². The molecule has 4 heterocycles. The average Bonchev–Trinajstić information content (AvgIpc) is 3.85. The van der Waals surface area contributed by atoms with Crippen LogP contribution in [0.1, 0.15) is 18.1 Å². The maximum atomic E-state index is 5.34. The van der Waals surface area contributed by atoms with E-state index in [0.29, 0.717) is 0 Å². The van der Waals surface area contributed by atoms with E-state index in [1.807, 2.05) is 34.9 Å². The normalized spacial score (nSPS) is 15.5. The lowest BCUT2D eigenvalue weighted by molar-refractivity contribution is 1.15. The Hall–Kier alpha value is -4.98. The third-order valence-corrected chi connectivity index (χ3v) is 15.1. The molecule has 0 N–H and O–H groups in total. The van der Waals surface area contributed by atoms with Gasteiger partial charge < -0.3 is 4.57 Å². The van der Waals surface area contributed by atoms with Crippen molar-refractivity contribution < 1.29 is 0 Å². The largest absolute Gasteiger partial charge is 0.313 e. The summed E-state index contributed by atoms with van der Waals surface area (Å²) in [5.74, 6) is 0. The predicted octanol–water partition coefficient (Wildman–Crippen LogP) is 14.5. The Bertz CT molecular complexity index is 3090. The molecule has 11 rings (SSSR count). The van der Waals surface area contributed by atoms with E-state index in [1.165, 1.54) is 82.8 Å². The predicted molar refractivity (Wildman–Crippen MR) is 229 cm³/mol. The summed E-state index contributed by atoms with van der Waals surface area (Å²) in [5, 5.41) is 8.70. The van der Waals surface area contributed by atoms with Crippen molar-refractivity contribution in [1.29, 1.82) is 0 Å². The number of fused-ring (bicyclic) bond motifs is 11. The lowest BCUT2D eigenvalue weighted by Gasteiger charge is -2.19. The fraction of sp³-hybridized carbons (Fsp3) is 0.0217. The summed E-state index contributed by atoms with van der Waals surface area (Å²) in [6, 6.07) is 51.0. The number of nitrogens with zero attached hydrogens (tertiary/aromatic N) is 2. The third-order valence-electron chi connectivity index (χ3n) is 10.2. The van der Waals surface area contributed by atoms with Gasteiger partial charge in [-0.2, -0.15) is 0 Å². The highest BCUT2D eigenvalue weighted by atomic mass is 32.2. The summed E-state index contributed by atoms with van der Waals surface area (Å²) in [7, 11) is 0. The minimum atomic E-state index is 0.772. The van der Waals surface area contributed by atoms with Crippen LogP contribution in [-0.2, 0) is 0 Å². The molecule has 246 valence electrons. The first-order chi connectivity index (χ1) is 25.6. The molecule has 0 saturated heterocycles. The lowest BCUT2D eigenvalue weighted by atomic mass is 10.0. The molecule has 0 aliphatic carbocycles. The van der Waals surface area contributed by atoms with E-state index >= 15 is 0 Å². The van der Waals surface area contributed by atoms with Gasteiger partial charge in [-0.1, -0.05) is 127 Å². The molecule has 6 heteroatoms. The van der Waals surface area contributed by atoms with E-state index in [1.54, 1.807) is 11.8 Å². The van der Waals surface area contributed by atoms with Gasteiger partial charge in [-0.25, -0.2) is 4.99 Å². The topological polar surface area (TPSA) is 17.3 Å². The molecule has 0 amide bonds. The zero-order chi connectivity index (χ0) is 34.5. The standard InChI is InChI=1S/C46H28N2S4/c1-26(28-20-22-42-43(24-28)50-41-18-10-9-17-40(41)49-42)47-46-44(33-13-5-8-16-39(33)52-46)27(2)48-36-14-6-3-11-30(36)35-23-29-19-21-32-31-12-4-7-15-38(31)51-45(32)34(29)25-37(35)48/h3-25H,1H2,2H3/b44-27+,47-46?. The Labute approximate surface area is 317 Å². The van der Waals surface area contributed by atoms with Crippen LogP contribution in [0.2, 0.25) is 0 Å². The second-order valence-electron chi connectivity index (χ2n) is 13.2. The van der Waals surface area contributed by atoms with Crippen molar-refractivity contribution in [2.24, 2.45) is 4.99 Å². The van der Waals surface area contributed by atoms with Crippen molar-refractivity contribution in [3.63, 3.8) is 0 Å². The zero-order valence-corrected chi connectivity index (χ0v) is 31.3. The van der Waals surface area contributed by atoms with E-state index in [4.69, 9.17) is 4.99 Å². The minimum Gasteiger partial charge on any atom is -0.313 e. The van der Waals surface area contributed by atoms with Gasteiger partial charge in [-0.15, -0.1) is 11.3 Å². The monoisotopic (exact) mass is 736 g/mol. The summed E-state index contributed by atoms with van der Waals surface area (Å²) >= 11 is 7.29. The molecule has 0 spiro atoms. The molecule has 0 saturated carbocycles. The number of thioether (sulfide) groups is 1. The number of benzene rings is 7. The highest BCUT2D eigenvalue weighted by Gasteiger charge is 2.28. The van der Waals surface area contributed by atoms with E-state index < -0.39 is 0 Å². The highest BCUT2D eigenvalue weighted by Crippen LogP contribution is 2.50. The second-order valence-corrected chi connectivity index (χ2v) is 17.5. The van der Waals surface area contributed by atoms with Crippen LogP contribution in [0.15, 0.2) is 176 Å². The Kier molecular flexibility index (Phi) is 6.93. The zero-order valence-electron chi connectivity index (χ0n) is 28.0. The quantitative estimate of drug-likeness (QED) is 0.180. The molecule has 0 atom stereocenters. The SMILES string of the molecule is C=C(N=C1Sc2ccccc2/C1=C(/C)n1c2ccccc2c2cc3ccc4c5ccccc5sc4c3cc21)c1ccc2c(c1)Sc1ccccc1S2. The van der Waals surface area contributed by atoms with E-state index in [0.717, 1.165) is 27.6 Å². The lowest BCUT2D eigenvalue weighted by Crippen LogP contribution is -2.01. The molecule has 9 aromatic rings. The van der Waals surface area contributed by atoms with Crippen LogP contribution >= 0.6 is 46.6 Å². The van der Waals surface area contributed by atoms with Gasteiger partial charge in [-0.05, 0) is 66.9 Å². The Morgan fingerprint density at radius 1 is 0.558 bits per heavy atom. The summed E-state index contributed by atoms with van der Waals surface area (Å²) in [4.78, 5) is 11.7. The van der Waals surface area contributed by atoms with Crippen molar-refractivity contribution in [3.05, 3.63) is 157 Å². The van der Waals surface area contributed by atoms with Gasteiger partial charge in [0.25, 0.3) is 0 Å². The van der Waals surface area contributed by atoms with Gasteiger partial charge in [0.2, 0.25) is 0 Å². The number of para-hydroxylation sites is 1. The summed E-state index contributed by atoms with van der Waals surface area (Å²) in [5.41, 5.74) is 7.75. The Balaban J connectivity index is 1.11. The van der Waals surface area contributed by atoms with E-state index in [-0.39, 0.29) is 0 Å². The number of aromatic nitrogens is 1. The van der Waals surface area contributed by atoms with E-state index in [9.17, 15) is 0 Å². The van der Waals surface area contributed by atoms with Crippen LogP contribution in [0, 0.1) is 0 Å². The number of thiophene rings is 1. The molecule has 0 radical (unpaired) electrons. The van der Waals surface area contributed by atoms with Gasteiger partial charge in [0.1, 0.15) is 5.04 Å². The van der Waals surface area contributed by atoms with Gasteiger partial charge in [0.15, 0.2) is 0 Å². The Morgan fingerprint density at radius 3 is 2.13 bits per heavy atom. The van der Waals surface area contributed by atoms with Crippen LogP contribution in [0.4, 0.5) is 0 Å². The molecule has 0 bridgehead atoms. The molecule has 7 aromatic carbocycles. The molecule has 52 heavy (non-hydrogen) atoms. The van der Waals surface area contributed by atoms with Crippen molar-refractivity contribution in [3.8, 4) is 0 Å². The fourth-order valence-electron chi connectivity index (χ4n) is 7.80. The first-order valence-corrected chi connectivity index (χ1v) is 20.5. The third kappa shape index (κ3) is 4.65. The van der Waals surface area contributed by atoms with Gasteiger partial charge in [0, 0.05) is 83.2 Å². The first kappa shape index (κ1) is 30.6. The average molecular weight is 737 g/mol. The molecule has 0 fully saturated rings. The summed E-state index contributed by atoms with van der Waals surface area (Å²) in [6.45, 7) is 6.80. The number of hydrogen-bond acceptors (Lipinski definition) is 5. The van der Waals surface area contributed by atoms with Gasteiger partial charge in [0.05, 0.1) is 16.7 Å². The molecular weight excluding hydrogens is 709 g/mol. The summed E-state index contributed by atoms with van der Waals surface area (Å²) < 4.78 is 5.13. The van der Waals surface area contributed by atoms with Crippen molar-refractivity contribution in [1.82, 2.24) is 4.57 Å². The smallest absolute Gasteiger partial charge is 0.111 e. The van der Waals surface area contributed by atoms with Gasteiger partial charge in [-0.3, -0.25) is 0 Å². The molecule has 2 aliphatic heterocycles. The molecular formula is C46H28N2S4. The number of rotatable bonds is 3. The van der Waals surface area contributed by atoms with Crippen LogP contribution in [0.3, 0.4) is 0 Å². The second kappa shape index (κ2) is 11.8. The number of allylic oxidation sites excluding steroid dienone is 1. The summed E-state index contributed by atoms with van der Waals surface area (Å²) in [6.07, 6.45) is 0. The number of hydrogen-bond donors (Lipinski definition) is 0. The maximum Gasteiger partial charge on any atom is 0.111 e. The van der Waals surface area contributed by atoms with Gasteiger partial charge >= 0.3 is 0 Å². The van der Waals surface area contributed by atoms with Crippen molar-refractivity contribution >= 4 is 121 Å². The van der Waals surface area contributed by atoms with Crippen LogP contribution < -0.4 is 0 Å². The maximum absolute atomic E-state index is 5.34. The number of aliphatic imine (C=N–C) groups is 1. The van der Waals surface area contributed by atoms with Crippen molar-refractivity contribution in [2.45, 2.75) is 31.4 Å². The Morgan fingerprint density at radius 2 is 1.27 bits per heavy atom. The first-order valence-electron chi connectivity index (χ1n) is 17.2. The fourth-order valence-corrected chi connectivity index (χ4v) is 12.4. The van der Waals surface area contributed by atoms with Crippen molar-refractivity contribution in [2.75, 3.05) is 0 Å². The highest BCUT2D eigenvalue weighted by molar-refractivity contribution is 8.15. The van der Waals surface area contributed by atoms with Crippen LogP contribution in [-0.4, -0.2) is 9.61 Å².